The van der Waals surface area contributed by atoms with Crippen molar-refractivity contribution in [2.75, 3.05) is 5.32 Å². The number of nitrogens with zero attached hydrogens (tertiary/aromatic N) is 1. The smallest absolute Gasteiger partial charge is 0.140 e. The predicted octanol–water partition coefficient (Wildman–Crippen LogP) is 4.63. The van der Waals surface area contributed by atoms with E-state index in [9.17, 15) is 5.26 Å². The van der Waals surface area contributed by atoms with Crippen molar-refractivity contribution >= 4 is 17.3 Å². The third-order valence-corrected chi connectivity index (χ3v) is 3.59. The Hall–Kier alpha value is -1.98. The molecule has 2 rings (SSSR count). The van der Waals surface area contributed by atoms with Crippen molar-refractivity contribution in [3.8, 4) is 6.07 Å². The monoisotopic (exact) mass is 270 g/mol. The number of aryl methyl sites for hydroxylation is 1. The molecule has 0 heterocycles. The average Bonchev–Trinajstić information content (AvgIpc) is 2.41. The second kappa shape index (κ2) is 5.77. The normalized spacial score (nSPS) is 11.7. The topological polar surface area (TPSA) is 35.8 Å². The van der Waals surface area contributed by atoms with Crippen LogP contribution in [-0.2, 0) is 0 Å². The van der Waals surface area contributed by atoms with E-state index >= 15 is 0 Å². The van der Waals surface area contributed by atoms with Gasteiger partial charge in [0.05, 0.1) is 16.8 Å². The molecule has 0 aliphatic rings. The minimum Gasteiger partial charge on any atom is -0.365 e. The Labute approximate surface area is 118 Å². The molecule has 2 nitrogen and oxygen atoms in total. The Morgan fingerprint density at radius 2 is 1.84 bits per heavy atom. The summed E-state index contributed by atoms with van der Waals surface area (Å²) in [6.45, 7) is 4.08. The highest BCUT2D eigenvalue weighted by atomic mass is 35.5. The quantitative estimate of drug-likeness (QED) is 0.882. The maximum absolute atomic E-state index is 9.39. The lowest BCUT2D eigenvalue weighted by Gasteiger charge is -2.17. The highest BCUT2D eigenvalue weighted by Crippen LogP contribution is 2.27. The first kappa shape index (κ1) is 13.5. The number of rotatable bonds is 3. The van der Waals surface area contributed by atoms with Gasteiger partial charge in [-0.1, -0.05) is 41.9 Å². The molecule has 0 saturated carbocycles. The van der Waals surface area contributed by atoms with E-state index in [2.05, 4.69) is 11.4 Å². The molecule has 0 fully saturated rings. The summed E-state index contributed by atoms with van der Waals surface area (Å²) in [5.74, 6) is 0. The number of hydrogen-bond donors (Lipinski definition) is 1. The molecule has 1 unspecified atom stereocenters. The van der Waals surface area contributed by atoms with Crippen LogP contribution in [0.2, 0.25) is 5.02 Å². The lowest BCUT2D eigenvalue weighted by atomic mass is 9.98. The summed E-state index contributed by atoms with van der Waals surface area (Å²) in [7, 11) is 0. The standard InChI is InChI=1S/C16H15ClN2/c1-11-6-5-7-13(12(11)2)16(10-18)19-15-9-4-3-8-14(15)17/h3-9,16,19H,1-2H3. The molecule has 0 saturated heterocycles. The second-order valence-electron chi connectivity index (χ2n) is 4.48. The van der Waals surface area contributed by atoms with E-state index in [1.165, 1.54) is 5.56 Å². The van der Waals surface area contributed by atoms with Gasteiger partial charge in [0.2, 0.25) is 0 Å². The van der Waals surface area contributed by atoms with E-state index in [-0.39, 0.29) is 0 Å². The number of para-hydroxylation sites is 1. The van der Waals surface area contributed by atoms with Crippen LogP contribution >= 0.6 is 11.6 Å². The summed E-state index contributed by atoms with van der Waals surface area (Å²) in [5, 5.41) is 13.2. The Balaban J connectivity index is 2.34. The molecule has 1 atom stereocenters. The van der Waals surface area contributed by atoms with Gasteiger partial charge in [-0.05, 0) is 42.7 Å². The largest absolute Gasteiger partial charge is 0.365 e. The van der Waals surface area contributed by atoms with E-state index in [1.54, 1.807) is 6.07 Å². The molecule has 3 heteroatoms. The molecule has 1 N–H and O–H groups in total. The van der Waals surface area contributed by atoms with Gasteiger partial charge in [0.15, 0.2) is 0 Å². The first-order valence-electron chi connectivity index (χ1n) is 6.10. The van der Waals surface area contributed by atoms with Crippen LogP contribution in [0.1, 0.15) is 22.7 Å². The van der Waals surface area contributed by atoms with Gasteiger partial charge in [-0.3, -0.25) is 0 Å². The predicted molar refractivity (Wildman–Crippen MR) is 79.3 cm³/mol. The third kappa shape index (κ3) is 2.89. The van der Waals surface area contributed by atoms with E-state index in [0.29, 0.717) is 5.02 Å². The van der Waals surface area contributed by atoms with E-state index in [4.69, 9.17) is 11.6 Å². The zero-order chi connectivity index (χ0) is 13.8. The molecule has 0 aromatic heterocycles. The van der Waals surface area contributed by atoms with Crippen molar-refractivity contribution in [2.45, 2.75) is 19.9 Å². The number of nitriles is 1. The van der Waals surface area contributed by atoms with Crippen LogP contribution in [0.25, 0.3) is 0 Å². The van der Waals surface area contributed by atoms with Crippen LogP contribution in [0, 0.1) is 25.2 Å². The number of halogens is 1. The molecule has 2 aromatic rings. The number of benzene rings is 2. The SMILES string of the molecule is Cc1cccc(C(C#N)Nc2ccccc2Cl)c1C. The van der Waals surface area contributed by atoms with Crippen LogP contribution < -0.4 is 5.32 Å². The van der Waals surface area contributed by atoms with E-state index < -0.39 is 6.04 Å². The van der Waals surface area contributed by atoms with Gasteiger partial charge in [-0.25, -0.2) is 0 Å². The molecule has 0 bridgehead atoms. The fraction of sp³-hybridized carbons (Fsp3) is 0.188. The maximum Gasteiger partial charge on any atom is 0.140 e. The lowest BCUT2D eigenvalue weighted by Crippen LogP contribution is -2.10. The van der Waals surface area contributed by atoms with Gasteiger partial charge in [-0.15, -0.1) is 0 Å². The molecular formula is C16H15ClN2. The van der Waals surface area contributed by atoms with Gasteiger partial charge >= 0.3 is 0 Å². The van der Waals surface area contributed by atoms with Crippen molar-refractivity contribution in [1.29, 1.82) is 5.26 Å². The van der Waals surface area contributed by atoms with E-state index in [1.807, 2.05) is 50.2 Å². The van der Waals surface area contributed by atoms with Gasteiger partial charge in [0, 0.05) is 0 Å². The van der Waals surface area contributed by atoms with Gasteiger partial charge < -0.3 is 5.32 Å². The van der Waals surface area contributed by atoms with Crippen molar-refractivity contribution in [3.63, 3.8) is 0 Å². The average molecular weight is 271 g/mol. The van der Waals surface area contributed by atoms with Crippen LogP contribution in [0.4, 0.5) is 5.69 Å². The number of hydrogen-bond acceptors (Lipinski definition) is 2. The molecule has 0 spiro atoms. The summed E-state index contributed by atoms with van der Waals surface area (Å²) in [6.07, 6.45) is 0. The van der Waals surface area contributed by atoms with Crippen LogP contribution in [0.5, 0.6) is 0 Å². The number of anilines is 1. The van der Waals surface area contributed by atoms with E-state index in [0.717, 1.165) is 16.8 Å². The summed E-state index contributed by atoms with van der Waals surface area (Å²) in [4.78, 5) is 0. The fourth-order valence-electron chi connectivity index (χ4n) is 2.00. The van der Waals surface area contributed by atoms with Crippen molar-refractivity contribution < 1.29 is 0 Å². The van der Waals surface area contributed by atoms with Crippen LogP contribution in [0.15, 0.2) is 42.5 Å². The first-order chi connectivity index (χ1) is 9.13. The zero-order valence-electron chi connectivity index (χ0n) is 10.9. The first-order valence-corrected chi connectivity index (χ1v) is 6.48. The summed E-state index contributed by atoms with van der Waals surface area (Å²) >= 11 is 6.11. The maximum atomic E-state index is 9.39. The third-order valence-electron chi connectivity index (χ3n) is 3.26. The molecule has 0 radical (unpaired) electrons. The van der Waals surface area contributed by atoms with Crippen LogP contribution in [-0.4, -0.2) is 0 Å². The molecule has 0 amide bonds. The lowest BCUT2D eigenvalue weighted by molar-refractivity contribution is 0.976. The van der Waals surface area contributed by atoms with Crippen molar-refractivity contribution in [3.05, 3.63) is 64.2 Å². The van der Waals surface area contributed by atoms with Crippen molar-refractivity contribution in [2.24, 2.45) is 0 Å². The van der Waals surface area contributed by atoms with Crippen LogP contribution in [0.3, 0.4) is 0 Å². The molecule has 19 heavy (non-hydrogen) atoms. The molecule has 0 aliphatic heterocycles. The second-order valence-corrected chi connectivity index (χ2v) is 4.88. The van der Waals surface area contributed by atoms with Gasteiger partial charge in [-0.2, -0.15) is 5.26 Å². The molecule has 2 aromatic carbocycles. The van der Waals surface area contributed by atoms with Gasteiger partial charge in [0.1, 0.15) is 6.04 Å². The number of nitrogens with one attached hydrogen (secondary N) is 1. The van der Waals surface area contributed by atoms with Gasteiger partial charge in [0.25, 0.3) is 0 Å². The Morgan fingerprint density at radius 3 is 2.53 bits per heavy atom. The Bertz CT molecular complexity index is 629. The molecular weight excluding hydrogens is 256 g/mol. The summed E-state index contributed by atoms with van der Waals surface area (Å²) < 4.78 is 0. The summed E-state index contributed by atoms with van der Waals surface area (Å²) in [6, 6.07) is 15.3. The Morgan fingerprint density at radius 1 is 1.11 bits per heavy atom. The highest BCUT2D eigenvalue weighted by Gasteiger charge is 2.14. The minimum atomic E-state index is -0.403. The van der Waals surface area contributed by atoms with Crippen molar-refractivity contribution in [1.82, 2.24) is 0 Å². The summed E-state index contributed by atoms with van der Waals surface area (Å²) in [5.41, 5.74) is 4.08. The fourth-order valence-corrected chi connectivity index (χ4v) is 2.19. The Kier molecular flexibility index (Phi) is 4.09. The highest BCUT2D eigenvalue weighted by molar-refractivity contribution is 6.33. The molecule has 0 aliphatic carbocycles. The minimum absolute atomic E-state index is 0.403. The molecule has 96 valence electrons. The zero-order valence-corrected chi connectivity index (χ0v) is 11.7.